The van der Waals surface area contributed by atoms with Gasteiger partial charge in [0.15, 0.2) is 16.7 Å². The molecule has 6 nitrogen and oxygen atoms in total. The predicted octanol–water partition coefficient (Wildman–Crippen LogP) is 5.15. The van der Waals surface area contributed by atoms with E-state index in [2.05, 4.69) is 26.2 Å². The van der Waals surface area contributed by atoms with Crippen LogP contribution in [0.5, 0.6) is 17.2 Å². The first-order valence-corrected chi connectivity index (χ1v) is 10.7. The van der Waals surface area contributed by atoms with Crippen LogP contribution in [0.15, 0.2) is 50.8 Å². The Morgan fingerprint density at radius 3 is 2.48 bits per heavy atom. The van der Waals surface area contributed by atoms with E-state index in [1.807, 2.05) is 50.2 Å². The largest absolute Gasteiger partial charge is 0.494 e. The maximum absolute atomic E-state index is 12.4. The molecule has 1 saturated heterocycles. The highest BCUT2D eigenvalue weighted by Crippen LogP contribution is 2.36. The summed E-state index contributed by atoms with van der Waals surface area (Å²) < 4.78 is 17.2. The summed E-state index contributed by atoms with van der Waals surface area (Å²) in [6, 6.07) is 11.1. The smallest absolute Gasteiger partial charge is 0.264 e. The molecule has 0 radical (unpaired) electrons. The number of hydrogen-bond acceptors (Lipinski definition) is 6. The van der Waals surface area contributed by atoms with Crippen molar-refractivity contribution in [1.82, 2.24) is 5.32 Å². The van der Waals surface area contributed by atoms with E-state index in [0.717, 1.165) is 21.5 Å². The van der Waals surface area contributed by atoms with Crippen LogP contribution in [0.4, 0.5) is 5.69 Å². The summed E-state index contributed by atoms with van der Waals surface area (Å²) in [7, 11) is 1.59. The molecule has 1 aliphatic rings. The molecule has 152 valence electrons. The van der Waals surface area contributed by atoms with Gasteiger partial charge in [-0.2, -0.15) is 0 Å². The van der Waals surface area contributed by atoms with Crippen LogP contribution < -0.4 is 19.5 Å². The monoisotopic (exact) mass is 476 g/mol. The van der Waals surface area contributed by atoms with Crippen LogP contribution in [0.2, 0.25) is 0 Å². The Balaban J connectivity index is 1.82. The molecule has 29 heavy (non-hydrogen) atoms. The third-order valence-corrected chi connectivity index (χ3v) is 5.50. The first-order valence-electron chi connectivity index (χ1n) is 9.06. The average Bonchev–Trinajstić information content (AvgIpc) is 3.05. The number of nitrogens with one attached hydrogen (secondary N) is 1. The van der Waals surface area contributed by atoms with Gasteiger partial charge in [0.25, 0.3) is 5.91 Å². The molecule has 0 atom stereocenters. The predicted molar refractivity (Wildman–Crippen MR) is 120 cm³/mol. The van der Waals surface area contributed by atoms with E-state index < -0.39 is 0 Å². The van der Waals surface area contributed by atoms with Crippen LogP contribution in [0.1, 0.15) is 19.4 Å². The molecule has 8 heteroatoms. The number of ether oxygens (including phenoxy) is 3. The lowest BCUT2D eigenvalue weighted by atomic mass is 10.2. The van der Waals surface area contributed by atoms with Crippen molar-refractivity contribution in [1.29, 1.82) is 0 Å². The molecule has 0 spiro atoms. The number of rotatable bonds is 7. The Kier molecular flexibility index (Phi) is 7.22. The van der Waals surface area contributed by atoms with Gasteiger partial charge in [-0.1, -0.05) is 15.9 Å². The van der Waals surface area contributed by atoms with Gasteiger partial charge in [0.2, 0.25) is 0 Å². The number of nitrogens with zero attached hydrogens (tertiary/aromatic N) is 1. The average molecular weight is 477 g/mol. The van der Waals surface area contributed by atoms with Crippen molar-refractivity contribution in [2.45, 2.75) is 13.8 Å². The van der Waals surface area contributed by atoms with Gasteiger partial charge >= 0.3 is 0 Å². The zero-order valence-electron chi connectivity index (χ0n) is 16.3. The highest BCUT2D eigenvalue weighted by atomic mass is 79.9. The standard InChI is InChI=1S/C21H21BrN2O4S/c1-4-27-15-8-6-14(7-9-15)23-21-24-20(25)19(29-21)11-13-10-18(28-5-2)17(26-3)12-16(13)22/h6-12H,4-5H2,1-3H3,(H,23,24,25)/b19-11+. The van der Waals surface area contributed by atoms with E-state index in [0.29, 0.717) is 34.8 Å². The molecule has 1 fully saturated rings. The topological polar surface area (TPSA) is 69.2 Å². The van der Waals surface area contributed by atoms with Gasteiger partial charge in [-0.05, 0) is 73.6 Å². The van der Waals surface area contributed by atoms with Gasteiger partial charge in [0.1, 0.15) is 5.75 Å². The van der Waals surface area contributed by atoms with Gasteiger partial charge in [-0.25, -0.2) is 4.99 Å². The fourth-order valence-electron chi connectivity index (χ4n) is 2.61. The minimum Gasteiger partial charge on any atom is -0.494 e. The third kappa shape index (κ3) is 5.33. The zero-order valence-corrected chi connectivity index (χ0v) is 18.7. The zero-order chi connectivity index (χ0) is 20.8. The molecule has 0 aliphatic carbocycles. The number of aliphatic imine (C=N–C) groups is 1. The quantitative estimate of drug-likeness (QED) is 0.559. The molecule has 1 N–H and O–H groups in total. The van der Waals surface area contributed by atoms with E-state index in [-0.39, 0.29) is 5.91 Å². The van der Waals surface area contributed by atoms with Crippen molar-refractivity contribution < 1.29 is 19.0 Å². The number of amides is 1. The number of hydrogen-bond donors (Lipinski definition) is 1. The van der Waals surface area contributed by atoms with Crippen LogP contribution in [0, 0.1) is 0 Å². The van der Waals surface area contributed by atoms with Crippen LogP contribution in [0.25, 0.3) is 6.08 Å². The lowest BCUT2D eigenvalue weighted by molar-refractivity contribution is -0.115. The Morgan fingerprint density at radius 1 is 1.10 bits per heavy atom. The minimum atomic E-state index is -0.194. The van der Waals surface area contributed by atoms with Gasteiger partial charge in [0.05, 0.1) is 30.9 Å². The Morgan fingerprint density at radius 2 is 1.83 bits per heavy atom. The van der Waals surface area contributed by atoms with Gasteiger partial charge < -0.3 is 19.5 Å². The third-order valence-electron chi connectivity index (χ3n) is 3.90. The molecule has 2 aromatic rings. The van der Waals surface area contributed by atoms with Crippen molar-refractivity contribution in [3.63, 3.8) is 0 Å². The number of carbonyl (C=O) groups excluding carboxylic acids is 1. The molecule has 0 saturated carbocycles. The van der Waals surface area contributed by atoms with Crippen LogP contribution >= 0.6 is 27.7 Å². The minimum absolute atomic E-state index is 0.194. The second-order valence-corrected chi connectivity index (χ2v) is 7.75. The number of thioether (sulfide) groups is 1. The Hall–Kier alpha value is -2.45. The molecular weight excluding hydrogens is 456 g/mol. The van der Waals surface area contributed by atoms with Crippen molar-refractivity contribution >= 4 is 50.5 Å². The van der Waals surface area contributed by atoms with E-state index in [4.69, 9.17) is 14.2 Å². The summed E-state index contributed by atoms with van der Waals surface area (Å²) in [6.07, 6.45) is 1.80. The SMILES string of the molecule is CCOc1ccc(N=C2NC(=O)/C(=C\c3cc(OCC)c(OC)cc3Br)S2)cc1. The molecule has 1 heterocycles. The van der Waals surface area contributed by atoms with E-state index in [1.54, 1.807) is 13.2 Å². The van der Waals surface area contributed by atoms with E-state index >= 15 is 0 Å². The summed E-state index contributed by atoms with van der Waals surface area (Å²) in [5.41, 5.74) is 1.55. The number of methoxy groups -OCH3 is 1. The van der Waals surface area contributed by atoms with E-state index in [1.165, 1.54) is 11.8 Å². The molecule has 0 aromatic heterocycles. The highest BCUT2D eigenvalue weighted by molar-refractivity contribution is 9.10. The van der Waals surface area contributed by atoms with Crippen LogP contribution in [-0.4, -0.2) is 31.4 Å². The fourth-order valence-corrected chi connectivity index (χ4v) is 3.88. The van der Waals surface area contributed by atoms with Crippen LogP contribution in [-0.2, 0) is 4.79 Å². The summed E-state index contributed by atoms with van der Waals surface area (Å²) in [5, 5.41) is 3.33. The van der Waals surface area contributed by atoms with Crippen molar-refractivity contribution in [3.05, 3.63) is 51.3 Å². The molecule has 1 aliphatic heterocycles. The molecule has 3 rings (SSSR count). The maximum atomic E-state index is 12.4. The summed E-state index contributed by atoms with van der Waals surface area (Å²) in [4.78, 5) is 17.4. The second-order valence-electron chi connectivity index (χ2n) is 5.87. The summed E-state index contributed by atoms with van der Waals surface area (Å²) in [6.45, 7) is 4.97. The van der Waals surface area contributed by atoms with Gasteiger partial charge in [-0.15, -0.1) is 0 Å². The Bertz CT molecular complexity index is 958. The lowest BCUT2D eigenvalue weighted by Crippen LogP contribution is -2.19. The summed E-state index contributed by atoms with van der Waals surface area (Å²) >= 11 is 4.81. The number of carbonyl (C=O) groups is 1. The highest BCUT2D eigenvalue weighted by Gasteiger charge is 2.24. The summed E-state index contributed by atoms with van der Waals surface area (Å²) in [5.74, 6) is 1.84. The van der Waals surface area contributed by atoms with Crippen molar-refractivity contribution in [3.8, 4) is 17.2 Å². The molecule has 0 bridgehead atoms. The molecular formula is C21H21BrN2O4S. The fraction of sp³-hybridized carbons (Fsp3) is 0.238. The number of halogens is 1. The van der Waals surface area contributed by atoms with E-state index in [9.17, 15) is 4.79 Å². The lowest BCUT2D eigenvalue weighted by Gasteiger charge is -2.11. The number of benzene rings is 2. The number of amidine groups is 1. The first kappa shape index (κ1) is 21.3. The van der Waals surface area contributed by atoms with Crippen molar-refractivity contribution in [2.24, 2.45) is 4.99 Å². The van der Waals surface area contributed by atoms with Crippen LogP contribution in [0.3, 0.4) is 0 Å². The second kappa shape index (κ2) is 9.84. The maximum Gasteiger partial charge on any atom is 0.264 e. The first-order chi connectivity index (χ1) is 14.0. The molecule has 1 amide bonds. The van der Waals surface area contributed by atoms with Gasteiger partial charge in [0, 0.05) is 4.47 Å². The molecule has 0 unspecified atom stereocenters. The normalized spacial score (nSPS) is 16.2. The molecule has 2 aromatic carbocycles. The Labute approximate surface area is 182 Å². The van der Waals surface area contributed by atoms with Gasteiger partial charge in [-0.3, -0.25) is 4.79 Å². The van der Waals surface area contributed by atoms with Crippen molar-refractivity contribution in [2.75, 3.05) is 20.3 Å².